The third kappa shape index (κ3) is 6.34. The molecule has 1 amide bonds. The standard InChI is InChI=1S/C16H16ClF3N4O3S/c1-9(2)26-15(25)24(3)28-23-11-4-5-13(12(6-11)16(18,19)20)27-14-21-7-10(17)8-22-14/h4-9,23H,1-3H3. The second-order valence-corrected chi connectivity index (χ2v) is 6.99. The quantitative estimate of drug-likeness (QED) is 0.608. The Balaban J connectivity index is 2.15. The van der Waals surface area contributed by atoms with Crippen LogP contribution in [-0.4, -0.2) is 33.5 Å². The number of nitrogens with zero attached hydrogens (tertiary/aromatic N) is 3. The molecular weight excluding hydrogens is 421 g/mol. The van der Waals surface area contributed by atoms with Crippen molar-refractivity contribution in [2.45, 2.75) is 26.1 Å². The van der Waals surface area contributed by atoms with Crippen LogP contribution in [0, 0.1) is 0 Å². The third-order valence-corrected chi connectivity index (χ3v) is 3.92. The van der Waals surface area contributed by atoms with Crippen molar-refractivity contribution in [3.05, 3.63) is 41.2 Å². The number of benzene rings is 1. The van der Waals surface area contributed by atoms with Crippen molar-refractivity contribution in [3.63, 3.8) is 0 Å². The summed E-state index contributed by atoms with van der Waals surface area (Å²) in [6, 6.07) is 3.05. The van der Waals surface area contributed by atoms with Crippen LogP contribution in [-0.2, 0) is 10.9 Å². The van der Waals surface area contributed by atoms with Gasteiger partial charge >= 0.3 is 18.3 Å². The van der Waals surface area contributed by atoms with Crippen LogP contribution in [0.4, 0.5) is 23.7 Å². The molecule has 28 heavy (non-hydrogen) atoms. The summed E-state index contributed by atoms with van der Waals surface area (Å²) in [7, 11) is 1.42. The van der Waals surface area contributed by atoms with Crippen LogP contribution in [0.3, 0.4) is 0 Å². The Labute approximate surface area is 168 Å². The highest BCUT2D eigenvalue weighted by molar-refractivity contribution is 7.98. The van der Waals surface area contributed by atoms with Gasteiger partial charge < -0.3 is 14.2 Å². The minimum atomic E-state index is -4.69. The molecule has 1 aromatic carbocycles. The summed E-state index contributed by atoms with van der Waals surface area (Å²) in [4.78, 5) is 19.1. The molecule has 1 heterocycles. The highest BCUT2D eigenvalue weighted by Crippen LogP contribution is 2.39. The summed E-state index contributed by atoms with van der Waals surface area (Å²) in [6.45, 7) is 3.37. The molecular formula is C16H16ClF3N4O3S. The van der Waals surface area contributed by atoms with Gasteiger partial charge in [-0.2, -0.15) is 13.2 Å². The zero-order valence-corrected chi connectivity index (χ0v) is 16.5. The molecule has 0 bridgehead atoms. The number of carbonyl (C=O) groups is 1. The second-order valence-electron chi connectivity index (χ2n) is 5.62. The van der Waals surface area contributed by atoms with Crippen molar-refractivity contribution < 1.29 is 27.4 Å². The van der Waals surface area contributed by atoms with E-state index < -0.39 is 23.6 Å². The molecule has 12 heteroatoms. The monoisotopic (exact) mass is 436 g/mol. The molecule has 2 rings (SSSR count). The lowest BCUT2D eigenvalue weighted by Crippen LogP contribution is -2.25. The maximum absolute atomic E-state index is 13.4. The highest BCUT2D eigenvalue weighted by Gasteiger charge is 2.35. The average Bonchev–Trinajstić information content (AvgIpc) is 2.61. The van der Waals surface area contributed by atoms with E-state index in [4.69, 9.17) is 21.1 Å². The third-order valence-electron chi connectivity index (χ3n) is 2.98. The molecule has 0 spiro atoms. The maximum Gasteiger partial charge on any atom is 0.421 e. The van der Waals surface area contributed by atoms with Crippen molar-refractivity contribution in [2.75, 3.05) is 11.8 Å². The number of ether oxygens (including phenoxy) is 2. The summed E-state index contributed by atoms with van der Waals surface area (Å²) in [5, 5.41) is 0.222. The fraction of sp³-hybridized carbons (Fsp3) is 0.312. The number of nitrogens with one attached hydrogen (secondary N) is 1. The molecule has 2 aromatic rings. The largest absolute Gasteiger partial charge is 0.446 e. The number of carbonyl (C=O) groups excluding carboxylic acids is 1. The van der Waals surface area contributed by atoms with E-state index in [9.17, 15) is 18.0 Å². The van der Waals surface area contributed by atoms with Crippen LogP contribution in [0.25, 0.3) is 0 Å². The molecule has 152 valence electrons. The van der Waals surface area contributed by atoms with E-state index in [1.54, 1.807) is 13.8 Å². The Morgan fingerprint density at radius 1 is 1.29 bits per heavy atom. The number of hydrogen-bond acceptors (Lipinski definition) is 7. The first-order valence-corrected chi connectivity index (χ1v) is 8.95. The van der Waals surface area contributed by atoms with Crippen LogP contribution >= 0.6 is 23.7 Å². The predicted molar refractivity (Wildman–Crippen MR) is 99.2 cm³/mol. The van der Waals surface area contributed by atoms with Crippen molar-refractivity contribution >= 4 is 35.5 Å². The number of aromatic nitrogens is 2. The van der Waals surface area contributed by atoms with E-state index in [1.165, 1.54) is 25.5 Å². The van der Waals surface area contributed by atoms with E-state index >= 15 is 0 Å². The number of anilines is 1. The Hall–Kier alpha value is -2.40. The molecule has 1 N–H and O–H groups in total. The molecule has 7 nitrogen and oxygen atoms in total. The lowest BCUT2D eigenvalue weighted by atomic mass is 10.1. The van der Waals surface area contributed by atoms with Crippen molar-refractivity contribution in [3.8, 4) is 11.8 Å². The molecule has 0 aliphatic rings. The topological polar surface area (TPSA) is 76.6 Å². The average molecular weight is 437 g/mol. The Kier molecular flexibility index (Phi) is 7.19. The van der Waals surface area contributed by atoms with Crippen LogP contribution in [0.1, 0.15) is 19.4 Å². The summed E-state index contributed by atoms with van der Waals surface area (Å²) in [5.41, 5.74) is -0.935. The zero-order chi connectivity index (χ0) is 20.9. The highest BCUT2D eigenvalue weighted by atomic mass is 35.5. The summed E-state index contributed by atoms with van der Waals surface area (Å²) >= 11 is 6.41. The molecule has 0 saturated heterocycles. The lowest BCUT2D eigenvalue weighted by molar-refractivity contribution is -0.138. The zero-order valence-electron chi connectivity index (χ0n) is 15.0. The Morgan fingerprint density at radius 2 is 1.93 bits per heavy atom. The SMILES string of the molecule is CC(C)OC(=O)N(C)SNc1ccc(Oc2ncc(Cl)cn2)c(C(F)(F)F)c1. The van der Waals surface area contributed by atoms with Gasteiger partial charge in [-0.3, -0.25) is 0 Å². The normalized spacial score (nSPS) is 11.3. The number of amides is 1. The van der Waals surface area contributed by atoms with Crippen LogP contribution < -0.4 is 9.46 Å². The molecule has 0 aliphatic heterocycles. The fourth-order valence-corrected chi connectivity index (χ4v) is 2.37. The second kappa shape index (κ2) is 9.20. The van der Waals surface area contributed by atoms with Crippen molar-refractivity contribution in [1.29, 1.82) is 0 Å². The Bertz CT molecular complexity index is 822. The van der Waals surface area contributed by atoms with E-state index in [0.717, 1.165) is 28.6 Å². The minimum absolute atomic E-state index is 0.103. The minimum Gasteiger partial charge on any atom is -0.446 e. The predicted octanol–water partition coefficient (Wildman–Crippen LogP) is 5.39. The smallest absolute Gasteiger partial charge is 0.421 e. The first-order valence-electron chi connectivity index (χ1n) is 7.80. The molecule has 0 aliphatic carbocycles. The fourth-order valence-electron chi connectivity index (χ4n) is 1.79. The van der Waals surface area contributed by atoms with Gasteiger partial charge in [0.1, 0.15) is 11.3 Å². The van der Waals surface area contributed by atoms with Crippen molar-refractivity contribution in [1.82, 2.24) is 14.3 Å². The molecule has 0 unspecified atom stereocenters. The first kappa shape index (κ1) is 21.9. The van der Waals surface area contributed by atoms with Gasteiger partial charge in [-0.15, -0.1) is 0 Å². The molecule has 0 radical (unpaired) electrons. The van der Waals surface area contributed by atoms with Gasteiger partial charge in [0, 0.05) is 12.7 Å². The van der Waals surface area contributed by atoms with Gasteiger partial charge in [0.05, 0.1) is 35.7 Å². The van der Waals surface area contributed by atoms with Crippen molar-refractivity contribution in [2.24, 2.45) is 0 Å². The van der Waals surface area contributed by atoms with Crippen LogP contribution in [0.15, 0.2) is 30.6 Å². The van der Waals surface area contributed by atoms with E-state index in [2.05, 4.69) is 14.7 Å². The van der Waals surface area contributed by atoms with E-state index in [0.29, 0.717) is 0 Å². The molecule has 1 aromatic heterocycles. The summed E-state index contributed by atoms with van der Waals surface area (Å²) < 4.78 is 54.1. The first-order chi connectivity index (χ1) is 13.1. The summed E-state index contributed by atoms with van der Waals surface area (Å²) in [6.07, 6.45) is -3.24. The van der Waals surface area contributed by atoms with E-state index in [-0.39, 0.29) is 22.8 Å². The van der Waals surface area contributed by atoms with E-state index in [1.807, 2.05) is 0 Å². The van der Waals surface area contributed by atoms with Gasteiger partial charge in [-0.25, -0.2) is 19.1 Å². The molecule has 0 fully saturated rings. The number of alkyl halides is 3. The molecule has 0 atom stereocenters. The van der Waals surface area contributed by atoms with Gasteiger partial charge in [0.25, 0.3) is 0 Å². The van der Waals surface area contributed by atoms with Crippen LogP contribution in [0.5, 0.6) is 11.8 Å². The Morgan fingerprint density at radius 3 is 2.50 bits per heavy atom. The lowest BCUT2D eigenvalue weighted by Gasteiger charge is -2.19. The number of rotatable bonds is 6. The van der Waals surface area contributed by atoms with Gasteiger partial charge in [-0.05, 0) is 32.0 Å². The van der Waals surface area contributed by atoms with Gasteiger partial charge in [-0.1, -0.05) is 11.6 Å². The van der Waals surface area contributed by atoms with Gasteiger partial charge in [0.2, 0.25) is 0 Å². The number of halogens is 4. The maximum atomic E-state index is 13.4. The van der Waals surface area contributed by atoms with Gasteiger partial charge in [0.15, 0.2) is 0 Å². The number of hydrogen-bond donors (Lipinski definition) is 1. The molecule has 0 saturated carbocycles. The van der Waals surface area contributed by atoms with Crippen LogP contribution in [0.2, 0.25) is 5.02 Å². The summed E-state index contributed by atoms with van der Waals surface area (Å²) in [5.74, 6) is -0.474.